The maximum atomic E-state index is 12.7. The van der Waals surface area contributed by atoms with E-state index in [1.165, 1.54) is 68.1 Å². The Balaban J connectivity index is 1.45. The second kappa shape index (κ2) is 9.04. The summed E-state index contributed by atoms with van der Waals surface area (Å²) in [5.74, 6) is 2.21. The summed E-state index contributed by atoms with van der Waals surface area (Å²) in [6.07, 6.45) is 19.4. The molecule has 1 unspecified atom stereocenters. The van der Waals surface area contributed by atoms with Gasteiger partial charge in [0.2, 0.25) is 0 Å². The number of ketones is 1. The largest absolute Gasteiger partial charge is 0.299 e. The third-order valence-corrected chi connectivity index (χ3v) is 7.16. The summed E-state index contributed by atoms with van der Waals surface area (Å²) in [4.78, 5) is 12.7. The summed E-state index contributed by atoms with van der Waals surface area (Å²) in [7, 11) is 0. The van der Waals surface area contributed by atoms with Crippen LogP contribution in [-0.2, 0) is 4.79 Å². The summed E-state index contributed by atoms with van der Waals surface area (Å²) in [5.41, 5.74) is 4.41. The van der Waals surface area contributed by atoms with Gasteiger partial charge in [0, 0.05) is 18.3 Å². The Hall–Kier alpha value is -1.63. The van der Waals surface area contributed by atoms with Crippen LogP contribution in [0.4, 0.5) is 0 Å². The first-order valence-corrected chi connectivity index (χ1v) is 11.3. The minimum atomic E-state index is 0.357. The van der Waals surface area contributed by atoms with Crippen molar-refractivity contribution in [2.75, 3.05) is 0 Å². The van der Waals surface area contributed by atoms with Gasteiger partial charge in [0.15, 0.2) is 0 Å². The van der Waals surface area contributed by atoms with Gasteiger partial charge in [-0.1, -0.05) is 86.6 Å². The number of hydrogen-bond donors (Lipinski definition) is 0. The fraction of sp³-hybridized carbons (Fsp3) is 0.577. The van der Waals surface area contributed by atoms with Crippen molar-refractivity contribution in [3.8, 4) is 0 Å². The lowest BCUT2D eigenvalue weighted by atomic mass is 9.72. The predicted octanol–water partition coefficient (Wildman–Crippen LogP) is 7.14. The highest BCUT2D eigenvalue weighted by Gasteiger charge is 2.33. The molecule has 2 saturated carbocycles. The zero-order valence-corrected chi connectivity index (χ0v) is 16.7. The molecule has 0 bridgehead atoms. The molecule has 144 valence electrons. The van der Waals surface area contributed by atoms with Gasteiger partial charge in [-0.25, -0.2) is 0 Å². The molecule has 0 N–H and O–H groups in total. The lowest BCUT2D eigenvalue weighted by molar-refractivity contribution is -0.123. The first kappa shape index (κ1) is 18.7. The summed E-state index contributed by atoms with van der Waals surface area (Å²) in [6, 6.07) is 10.9. The van der Waals surface area contributed by atoms with Crippen LogP contribution in [0, 0.1) is 17.8 Å². The van der Waals surface area contributed by atoms with Gasteiger partial charge in [-0.3, -0.25) is 4.79 Å². The zero-order valence-electron chi connectivity index (χ0n) is 16.7. The van der Waals surface area contributed by atoms with Crippen LogP contribution < -0.4 is 0 Å². The highest BCUT2D eigenvalue weighted by atomic mass is 16.1. The number of rotatable bonds is 6. The molecule has 0 aliphatic heterocycles. The van der Waals surface area contributed by atoms with Gasteiger partial charge >= 0.3 is 0 Å². The molecule has 27 heavy (non-hydrogen) atoms. The van der Waals surface area contributed by atoms with Gasteiger partial charge in [0.05, 0.1) is 0 Å². The molecule has 0 radical (unpaired) electrons. The molecule has 4 rings (SSSR count). The smallest absolute Gasteiger partial charge is 0.136 e. The summed E-state index contributed by atoms with van der Waals surface area (Å²) in [6.45, 7) is 0. The van der Waals surface area contributed by atoms with E-state index in [4.69, 9.17) is 0 Å². The molecule has 3 aliphatic carbocycles. The van der Waals surface area contributed by atoms with Crippen molar-refractivity contribution >= 4 is 11.4 Å². The van der Waals surface area contributed by atoms with E-state index in [1.807, 2.05) is 0 Å². The first-order chi connectivity index (χ1) is 13.3. The molecule has 3 aliphatic rings. The van der Waals surface area contributed by atoms with Crippen LogP contribution in [0.25, 0.3) is 5.57 Å². The van der Waals surface area contributed by atoms with Crippen LogP contribution in [0.5, 0.6) is 0 Å². The topological polar surface area (TPSA) is 17.1 Å². The standard InChI is InChI=1S/C26H34O/c27-25(21-12-6-2-7-13-21)19-17-23-16-18-24(20-10-4-1-5-11-20)26(23)22-14-8-3-9-15-22/h1,4-5,10-11,16,18,21-22,26H,2-3,6-9,12-15,17,19H2. The molecule has 1 aromatic rings. The van der Waals surface area contributed by atoms with Crippen molar-refractivity contribution in [1.29, 1.82) is 0 Å². The molecule has 1 atom stereocenters. The highest BCUT2D eigenvalue weighted by molar-refractivity contribution is 5.82. The molecule has 1 nitrogen and oxygen atoms in total. The van der Waals surface area contributed by atoms with Crippen LogP contribution in [0.2, 0.25) is 0 Å². The second-order valence-electron chi connectivity index (χ2n) is 8.91. The molecule has 0 amide bonds. The Kier molecular flexibility index (Phi) is 6.27. The summed E-state index contributed by atoms with van der Waals surface area (Å²) in [5, 5.41) is 0. The summed E-state index contributed by atoms with van der Waals surface area (Å²) >= 11 is 0. The second-order valence-corrected chi connectivity index (χ2v) is 8.91. The Morgan fingerprint density at radius 1 is 0.815 bits per heavy atom. The van der Waals surface area contributed by atoms with E-state index < -0.39 is 0 Å². The first-order valence-electron chi connectivity index (χ1n) is 11.3. The maximum Gasteiger partial charge on any atom is 0.136 e. The third kappa shape index (κ3) is 4.45. The van der Waals surface area contributed by atoms with Gasteiger partial charge in [-0.15, -0.1) is 0 Å². The van der Waals surface area contributed by atoms with E-state index in [2.05, 4.69) is 42.5 Å². The predicted molar refractivity (Wildman–Crippen MR) is 113 cm³/mol. The van der Waals surface area contributed by atoms with E-state index >= 15 is 0 Å². The molecule has 0 saturated heterocycles. The Bertz CT molecular complexity index is 684. The molecule has 1 aromatic carbocycles. The monoisotopic (exact) mass is 362 g/mol. The number of carbonyl (C=O) groups excluding carboxylic acids is 1. The van der Waals surface area contributed by atoms with Crippen LogP contribution >= 0.6 is 0 Å². The molecule has 0 heterocycles. The van der Waals surface area contributed by atoms with Crippen molar-refractivity contribution in [2.45, 2.75) is 77.0 Å². The molecule has 0 aromatic heterocycles. The average Bonchev–Trinajstić information content (AvgIpc) is 3.18. The SMILES string of the molecule is O=C(CCC1=CC=C(c2ccccc2)C1C1CCCCC1)C1CCCCC1. The van der Waals surface area contributed by atoms with Crippen molar-refractivity contribution in [1.82, 2.24) is 0 Å². The number of hydrogen-bond acceptors (Lipinski definition) is 1. The van der Waals surface area contributed by atoms with Gasteiger partial charge in [0.1, 0.15) is 5.78 Å². The van der Waals surface area contributed by atoms with Crippen LogP contribution in [0.3, 0.4) is 0 Å². The molecule has 1 heteroatoms. The Labute approximate surface area is 164 Å². The molecule has 2 fully saturated rings. The lowest BCUT2D eigenvalue weighted by Gasteiger charge is -2.32. The zero-order chi connectivity index (χ0) is 18.5. The van der Waals surface area contributed by atoms with E-state index in [0.717, 1.165) is 31.6 Å². The van der Waals surface area contributed by atoms with Crippen molar-refractivity contribution < 1.29 is 4.79 Å². The summed E-state index contributed by atoms with van der Waals surface area (Å²) < 4.78 is 0. The number of benzene rings is 1. The fourth-order valence-corrected chi connectivity index (χ4v) is 5.67. The van der Waals surface area contributed by atoms with Gasteiger partial charge in [-0.05, 0) is 49.2 Å². The average molecular weight is 363 g/mol. The fourth-order valence-electron chi connectivity index (χ4n) is 5.67. The van der Waals surface area contributed by atoms with Crippen LogP contribution in [-0.4, -0.2) is 5.78 Å². The Morgan fingerprint density at radius 3 is 2.19 bits per heavy atom. The molecular formula is C26H34O. The number of carbonyl (C=O) groups is 1. The lowest BCUT2D eigenvalue weighted by Crippen LogP contribution is -2.21. The third-order valence-electron chi connectivity index (χ3n) is 7.16. The Morgan fingerprint density at radius 2 is 1.48 bits per heavy atom. The van der Waals surface area contributed by atoms with Crippen molar-refractivity contribution in [2.24, 2.45) is 17.8 Å². The molecular weight excluding hydrogens is 328 g/mol. The van der Waals surface area contributed by atoms with Gasteiger partial charge in [-0.2, -0.15) is 0 Å². The minimum Gasteiger partial charge on any atom is -0.299 e. The van der Waals surface area contributed by atoms with E-state index in [-0.39, 0.29) is 0 Å². The van der Waals surface area contributed by atoms with E-state index in [1.54, 1.807) is 0 Å². The van der Waals surface area contributed by atoms with Crippen molar-refractivity contribution in [3.63, 3.8) is 0 Å². The van der Waals surface area contributed by atoms with E-state index in [0.29, 0.717) is 17.6 Å². The van der Waals surface area contributed by atoms with Crippen molar-refractivity contribution in [3.05, 3.63) is 53.6 Å². The maximum absolute atomic E-state index is 12.7. The normalized spacial score (nSPS) is 24.5. The molecule has 0 spiro atoms. The van der Waals surface area contributed by atoms with Gasteiger partial charge < -0.3 is 0 Å². The van der Waals surface area contributed by atoms with Crippen LogP contribution in [0.1, 0.15) is 82.6 Å². The number of allylic oxidation sites excluding steroid dienone is 4. The highest BCUT2D eigenvalue weighted by Crippen LogP contribution is 2.46. The minimum absolute atomic E-state index is 0.357. The van der Waals surface area contributed by atoms with Crippen LogP contribution in [0.15, 0.2) is 48.1 Å². The van der Waals surface area contributed by atoms with Gasteiger partial charge in [0.25, 0.3) is 0 Å². The van der Waals surface area contributed by atoms with E-state index in [9.17, 15) is 4.79 Å². The number of Topliss-reactive ketones (excluding diaryl/α,β-unsaturated/α-hetero) is 1. The quantitative estimate of drug-likeness (QED) is 0.526.